The molecule has 1 aliphatic heterocycles. The van der Waals surface area contributed by atoms with Gasteiger partial charge in [-0.25, -0.2) is 4.39 Å². The largest absolute Gasteiger partial charge is 0.493 e. The van der Waals surface area contributed by atoms with Crippen LogP contribution in [0.5, 0.6) is 23.0 Å². The lowest BCUT2D eigenvalue weighted by atomic mass is 10.0. The van der Waals surface area contributed by atoms with E-state index < -0.39 is 15.8 Å². The van der Waals surface area contributed by atoms with Crippen LogP contribution in [0.25, 0.3) is 10.9 Å². The van der Waals surface area contributed by atoms with Crippen LogP contribution in [0.2, 0.25) is 0 Å². The monoisotopic (exact) mass is 583 g/mol. The third kappa shape index (κ3) is 6.88. The van der Waals surface area contributed by atoms with Crippen LogP contribution in [0, 0.1) is 11.7 Å². The second-order valence-corrected chi connectivity index (χ2v) is 11.9. The Morgan fingerprint density at radius 2 is 1.95 bits per heavy atom. The summed E-state index contributed by atoms with van der Waals surface area (Å²) in [5.74, 6) is 1.37. The number of hydrogen-bond donors (Lipinski definition) is 1. The van der Waals surface area contributed by atoms with E-state index in [2.05, 4.69) is 26.6 Å². The average molecular weight is 584 g/mol. The first-order valence-corrected chi connectivity index (χ1v) is 15.0. The zero-order valence-electron chi connectivity index (χ0n) is 23.3. The van der Waals surface area contributed by atoms with E-state index in [0.717, 1.165) is 38.0 Å². The molecule has 0 amide bonds. The van der Waals surface area contributed by atoms with Crippen molar-refractivity contribution in [2.75, 3.05) is 38.1 Å². The molecular formula is C29H34FN5O5S. The summed E-state index contributed by atoms with van der Waals surface area (Å²) < 4.78 is 61.3. The van der Waals surface area contributed by atoms with Gasteiger partial charge in [-0.05, 0) is 62.1 Å². The molecule has 0 radical (unpaired) electrons. The van der Waals surface area contributed by atoms with Gasteiger partial charge in [-0.3, -0.25) is 14.4 Å². The van der Waals surface area contributed by atoms with E-state index >= 15 is 4.39 Å². The Bertz CT molecular complexity index is 1630. The van der Waals surface area contributed by atoms with Gasteiger partial charge in [0.05, 0.1) is 24.9 Å². The number of halogens is 1. The summed E-state index contributed by atoms with van der Waals surface area (Å²) in [7, 11) is -0.798. The van der Waals surface area contributed by atoms with E-state index in [1.165, 1.54) is 41.9 Å². The molecule has 1 unspecified atom stereocenters. The van der Waals surface area contributed by atoms with Gasteiger partial charge in [0.1, 0.15) is 5.75 Å². The number of methoxy groups -OCH3 is 1. The summed E-state index contributed by atoms with van der Waals surface area (Å²) in [4.78, 5) is 6.92. The molecule has 2 aromatic heterocycles. The maximum atomic E-state index is 15.0. The number of hydrogen-bond acceptors (Lipinski definition) is 8. The number of likely N-dealkylation sites (tertiary alicyclic amines) is 1. The van der Waals surface area contributed by atoms with Crippen LogP contribution in [-0.4, -0.2) is 61.4 Å². The Morgan fingerprint density at radius 3 is 2.68 bits per heavy atom. The van der Waals surface area contributed by atoms with Crippen LogP contribution in [-0.2, 0) is 17.1 Å². The lowest BCUT2D eigenvalue weighted by Gasteiger charge is -2.30. The fourth-order valence-corrected chi connectivity index (χ4v) is 5.98. The molecule has 1 atom stereocenters. The number of pyridine rings is 1. The molecule has 2 aromatic carbocycles. The molecule has 0 spiro atoms. The number of anilines is 1. The lowest BCUT2D eigenvalue weighted by Crippen LogP contribution is -2.35. The maximum Gasteiger partial charge on any atom is 0.281 e. The van der Waals surface area contributed by atoms with E-state index in [9.17, 15) is 8.42 Å². The summed E-state index contributed by atoms with van der Waals surface area (Å²) in [5, 5.41) is 4.33. The van der Waals surface area contributed by atoms with Crippen molar-refractivity contribution < 1.29 is 27.0 Å². The van der Waals surface area contributed by atoms with E-state index in [0.29, 0.717) is 34.8 Å². The molecule has 1 saturated heterocycles. The Kier molecular flexibility index (Phi) is 8.60. The van der Waals surface area contributed by atoms with Gasteiger partial charge in [0.15, 0.2) is 28.1 Å². The normalized spacial score (nSPS) is 16.0. The highest BCUT2D eigenvalue weighted by Crippen LogP contribution is 2.38. The third-order valence-corrected chi connectivity index (χ3v) is 8.25. The van der Waals surface area contributed by atoms with Crippen molar-refractivity contribution in [2.24, 2.45) is 13.0 Å². The number of piperidine rings is 1. The summed E-state index contributed by atoms with van der Waals surface area (Å²) in [6.45, 7) is 6.11. The minimum atomic E-state index is -3.96. The van der Waals surface area contributed by atoms with Gasteiger partial charge in [-0.15, -0.1) is 0 Å². The van der Waals surface area contributed by atoms with Gasteiger partial charge >= 0.3 is 0 Å². The van der Waals surface area contributed by atoms with Crippen molar-refractivity contribution in [1.82, 2.24) is 19.7 Å². The number of benzene rings is 2. The van der Waals surface area contributed by atoms with Crippen molar-refractivity contribution in [1.29, 1.82) is 0 Å². The molecule has 4 aromatic rings. The van der Waals surface area contributed by atoms with E-state index in [4.69, 9.17) is 14.2 Å². The fraction of sp³-hybridized carbons (Fsp3) is 0.379. The second-order valence-electron chi connectivity index (χ2n) is 10.3. The molecule has 0 bridgehead atoms. The molecule has 12 heteroatoms. The Labute approximate surface area is 239 Å². The van der Waals surface area contributed by atoms with Crippen molar-refractivity contribution >= 4 is 26.6 Å². The number of rotatable bonds is 11. The van der Waals surface area contributed by atoms with E-state index in [1.54, 1.807) is 38.6 Å². The lowest BCUT2D eigenvalue weighted by molar-refractivity contribution is 0.169. The SMILES string of the molecule is COc1cc2c(Oc3ccc(NS(=O)(=O)c4ccn(C)n4)cc3F)ccnc2cc1OCCCN1CCCC(C)C1. The van der Waals surface area contributed by atoms with E-state index in [1.807, 2.05) is 0 Å². The fourth-order valence-electron chi connectivity index (χ4n) is 4.96. The molecule has 218 valence electrons. The number of nitrogens with zero attached hydrogens (tertiary/aromatic N) is 4. The molecule has 0 aliphatic carbocycles. The summed E-state index contributed by atoms with van der Waals surface area (Å²) in [6.07, 6.45) is 6.52. The van der Waals surface area contributed by atoms with Crippen LogP contribution in [0.4, 0.5) is 10.1 Å². The van der Waals surface area contributed by atoms with Gasteiger partial charge in [0, 0.05) is 50.0 Å². The maximum absolute atomic E-state index is 15.0. The number of fused-ring (bicyclic) bond motifs is 1. The minimum absolute atomic E-state index is 0.0401. The predicted octanol–water partition coefficient (Wildman–Crippen LogP) is 5.21. The molecule has 1 N–H and O–H groups in total. The van der Waals surface area contributed by atoms with Crippen molar-refractivity contribution in [3.8, 4) is 23.0 Å². The smallest absolute Gasteiger partial charge is 0.281 e. The molecule has 41 heavy (non-hydrogen) atoms. The minimum Gasteiger partial charge on any atom is -0.493 e. The van der Waals surface area contributed by atoms with Crippen molar-refractivity contribution in [3.05, 3.63) is 60.7 Å². The second kappa shape index (κ2) is 12.3. The Morgan fingerprint density at radius 1 is 1.10 bits per heavy atom. The number of aromatic nitrogens is 3. The summed E-state index contributed by atoms with van der Waals surface area (Å²) in [6, 6.07) is 10.3. The van der Waals surface area contributed by atoms with Gasteiger partial charge in [0.2, 0.25) is 0 Å². The zero-order valence-corrected chi connectivity index (χ0v) is 24.2. The number of nitrogens with one attached hydrogen (secondary N) is 1. The Hall–Kier alpha value is -3.90. The topological polar surface area (TPSA) is 108 Å². The quantitative estimate of drug-likeness (QED) is 0.240. The van der Waals surface area contributed by atoms with Crippen LogP contribution < -0.4 is 18.9 Å². The van der Waals surface area contributed by atoms with Crippen LogP contribution in [0.3, 0.4) is 0 Å². The first-order valence-electron chi connectivity index (χ1n) is 13.5. The summed E-state index contributed by atoms with van der Waals surface area (Å²) in [5.41, 5.74) is 0.640. The predicted molar refractivity (Wildman–Crippen MR) is 154 cm³/mol. The van der Waals surface area contributed by atoms with Gasteiger partial charge in [0.25, 0.3) is 10.0 Å². The molecule has 3 heterocycles. The Balaban J connectivity index is 1.28. The molecular weight excluding hydrogens is 549 g/mol. The molecule has 5 rings (SSSR count). The standard InChI is InChI=1S/C29H34FN5O5S/c1-20-6-4-12-35(19-20)13-5-15-39-28-18-24-22(17-27(28)38-3)25(9-11-31-24)40-26-8-7-21(16-23(26)30)33-41(36,37)29-10-14-34(2)32-29/h7-11,14,16-18,20,33H,4-6,12-13,15,19H2,1-3H3. The van der Waals surface area contributed by atoms with Crippen molar-refractivity contribution in [3.63, 3.8) is 0 Å². The average Bonchev–Trinajstić information content (AvgIpc) is 3.39. The van der Waals surface area contributed by atoms with Crippen molar-refractivity contribution in [2.45, 2.75) is 31.2 Å². The van der Waals surface area contributed by atoms with Crippen LogP contribution >= 0.6 is 0 Å². The third-order valence-electron chi connectivity index (χ3n) is 6.97. The molecule has 1 aliphatic rings. The van der Waals surface area contributed by atoms with Gasteiger partial charge < -0.3 is 19.1 Å². The number of aryl methyl sites for hydroxylation is 1. The van der Waals surface area contributed by atoms with Gasteiger partial charge in [-0.2, -0.15) is 13.5 Å². The summed E-state index contributed by atoms with van der Waals surface area (Å²) >= 11 is 0. The first kappa shape index (κ1) is 28.6. The van der Waals surface area contributed by atoms with Crippen LogP contribution in [0.1, 0.15) is 26.2 Å². The highest BCUT2D eigenvalue weighted by Gasteiger charge is 2.19. The highest BCUT2D eigenvalue weighted by molar-refractivity contribution is 7.92. The zero-order chi connectivity index (χ0) is 29.0. The molecule has 10 nitrogen and oxygen atoms in total. The number of sulfonamides is 1. The van der Waals surface area contributed by atoms with Gasteiger partial charge in [-0.1, -0.05) is 6.92 Å². The number of ether oxygens (including phenoxy) is 3. The highest BCUT2D eigenvalue weighted by atomic mass is 32.2. The first-order chi connectivity index (χ1) is 19.7. The molecule has 1 fully saturated rings. The molecule has 0 saturated carbocycles. The van der Waals surface area contributed by atoms with E-state index in [-0.39, 0.29) is 16.5 Å². The van der Waals surface area contributed by atoms with Crippen LogP contribution in [0.15, 0.2) is 59.9 Å².